The fraction of sp³-hybridized carbons (Fsp3) is 0.286. The molecule has 1 aromatic heterocycles. The summed E-state index contributed by atoms with van der Waals surface area (Å²) in [4.78, 5) is 12.2. The molecule has 0 saturated heterocycles. The lowest BCUT2D eigenvalue weighted by Crippen LogP contribution is -2.02. The van der Waals surface area contributed by atoms with Crippen LogP contribution in [0.4, 0.5) is 0 Å². The van der Waals surface area contributed by atoms with Crippen molar-refractivity contribution in [3.8, 4) is 17.2 Å². The van der Waals surface area contributed by atoms with E-state index in [4.69, 9.17) is 18.6 Å². The van der Waals surface area contributed by atoms with Crippen molar-refractivity contribution >= 4 is 48.8 Å². The number of fused-ring (bicyclic) bond motifs is 1. The van der Waals surface area contributed by atoms with E-state index >= 15 is 0 Å². The van der Waals surface area contributed by atoms with Crippen molar-refractivity contribution in [3.05, 3.63) is 50.1 Å². The topological polar surface area (TPSA) is 57.9 Å². The number of aryl methyl sites for hydroxylation is 1. The molecule has 0 atom stereocenters. The second-order valence-corrected chi connectivity index (χ2v) is 8.21. The predicted molar refractivity (Wildman–Crippen MR) is 115 cm³/mol. The highest BCUT2D eigenvalue weighted by Gasteiger charge is 2.25. The molecule has 3 rings (SSSR count). The highest BCUT2D eigenvalue weighted by molar-refractivity contribution is 9.11. The van der Waals surface area contributed by atoms with Crippen LogP contribution in [-0.2, 0) is 4.74 Å². The van der Waals surface area contributed by atoms with Gasteiger partial charge in [-0.1, -0.05) is 13.8 Å². The zero-order chi connectivity index (χ0) is 20.6. The molecule has 148 valence electrons. The number of ether oxygens (including phenoxy) is 3. The summed E-state index contributed by atoms with van der Waals surface area (Å²) in [6.45, 7) is 5.92. The van der Waals surface area contributed by atoms with E-state index in [1.54, 1.807) is 20.1 Å². The number of carbonyl (C=O) groups excluding carboxylic acids is 1. The molecule has 0 aliphatic rings. The van der Waals surface area contributed by atoms with E-state index in [9.17, 15) is 4.79 Å². The molecule has 1 heterocycles. The highest BCUT2D eigenvalue weighted by atomic mass is 79.9. The Kier molecular flexibility index (Phi) is 6.05. The van der Waals surface area contributed by atoms with Crippen molar-refractivity contribution in [1.82, 2.24) is 0 Å². The van der Waals surface area contributed by atoms with E-state index in [0.29, 0.717) is 42.7 Å². The Hall–Kier alpha value is -1.99. The lowest BCUT2D eigenvalue weighted by Gasteiger charge is -2.15. The van der Waals surface area contributed by atoms with E-state index in [2.05, 4.69) is 45.7 Å². The molecule has 5 nitrogen and oxygen atoms in total. The van der Waals surface area contributed by atoms with Gasteiger partial charge in [0.15, 0.2) is 5.75 Å². The molecule has 3 aromatic rings. The standard InChI is InChI=1S/C21H20Br2O5/c1-10(2)13-8-12(6-7-15(13)25-4)28-20-14(22)9-16-18(19(20)23)17(11(3)27-16)21(24)26-5/h6-10H,1-5H3. The molecule has 0 amide bonds. The second kappa shape index (κ2) is 8.17. The Labute approximate surface area is 180 Å². The normalized spacial score (nSPS) is 11.1. The first-order valence-electron chi connectivity index (χ1n) is 8.63. The van der Waals surface area contributed by atoms with E-state index in [1.807, 2.05) is 18.2 Å². The summed E-state index contributed by atoms with van der Waals surface area (Å²) in [7, 11) is 2.99. The van der Waals surface area contributed by atoms with Crippen molar-refractivity contribution in [2.45, 2.75) is 26.7 Å². The summed E-state index contributed by atoms with van der Waals surface area (Å²) in [5, 5.41) is 0.611. The number of hydrogen-bond donors (Lipinski definition) is 0. The van der Waals surface area contributed by atoms with Gasteiger partial charge in [-0.3, -0.25) is 0 Å². The first-order valence-corrected chi connectivity index (χ1v) is 10.2. The van der Waals surface area contributed by atoms with E-state index in [-0.39, 0.29) is 5.92 Å². The molecule has 0 bridgehead atoms. The molecule has 0 fully saturated rings. The van der Waals surface area contributed by atoms with Crippen LogP contribution in [0.15, 0.2) is 37.6 Å². The van der Waals surface area contributed by atoms with Gasteiger partial charge >= 0.3 is 5.97 Å². The summed E-state index contributed by atoms with van der Waals surface area (Å²) >= 11 is 7.11. The quantitative estimate of drug-likeness (QED) is 0.346. The second-order valence-electron chi connectivity index (χ2n) is 6.56. The summed E-state index contributed by atoms with van der Waals surface area (Å²) in [6.07, 6.45) is 0. The molecule has 0 spiro atoms. The fourth-order valence-corrected chi connectivity index (χ4v) is 4.51. The molecule has 0 aliphatic carbocycles. The molecular weight excluding hydrogens is 492 g/mol. The van der Waals surface area contributed by atoms with E-state index < -0.39 is 5.97 Å². The van der Waals surface area contributed by atoms with Crippen LogP contribution in [0.25, 0.3) is 11.0 Å². The fourth-order valence-electron chi connectivity index (χ4n) is 3.07. The molecular formula is C21H20Br2O5. The molecule has 0 N–H and O–H groups in total. The Morgan fingerprint density at radius 1 is 1.14 bits per heavy atom. The van der Waals surface area contributed by atoms with Gasteiger partial charge in [0.2, 0.25) is 0 Å². The minimum atomic E-state index is -0.461. The Morgan fingerprint density at radius 2 is 1.86 bits per heavy atom. The van der Waals surface area contributed by atoms with Crippen LogP contribution < -0.4 is 9.47 Å². The molecule has 0 aliphatic heterocycles. The average Bonchev–Trinajstić information content (AvgIpc) is 3.00. The third-order valence-corrected chi connectivity index (χ3v) is 5.78. The number of carbonyl (C=O) groups is 1. The first kappa shape index (κ1) is 20.7. The van der Waals surface area contributed by atoms with Crippen LogP contribution in [-0.4, -0.2) is 20.2 Å². The maximum absolute atomic E-state index is 12.2. The molecule has 2 aromatic carbocycles. The molecule has 28 heavy (non-hydrogen) atoms. The van der Waals surface area contributed by atoms with Gasteiger partial charge < -0.3 is 18.6 Å². The summed E-state index contributed by atoms with van der Waals surface area (Å²) in [5.41, 5.74) is 1.98. The molecule has 7 heteroatoms. The minimum Gasteiger partial charge on any atom is -0.496 e. The lowest BCUT2D eigenvalue weighted by atomic mass is 10.0. The molecule has 0 radical (unpaired) electrons. The van der Waals surface area contributed by atoms with Gasteiger partial charge in [-0.15, -0.1) is 0 Å². The van der Waals surface area contributed by atoms with E-state index in [1.165, 1.54) is 7.11 Å². The number of esters is 1. The van der Waals surface area contributed by atoms with E-state index in [0.717, 1.165) is 11.3 Å². The van der Waals surface area contributed by atoms with Gasteiger partial charge in [0.05, 0.1) is 28.6 Å². The summed E-state index contributed by atoms with van der Waals surface area (Å²) < 4.78 is 23.6. The molecule has 0 saturated carbocycles. The van der Waals surface area contributed by atoms with Crippen LogP contribution in [0.3, 0.4) is 0 Å². The van der Waals surface area contributed by atoms with Crippen LogP contribution >= 0.6 is 31.9 Å². The number of benzene rings is 2. The maximum Gasteiger partial charge on any atom is 0.342 e. The number of halogens is 2. The summed E-state index contributed by atoms with van der Waals surface area (Å²) in [5.74, 6) is 2.31. The van der Waals surface area contributed by atoms with Crippen molar-refractivity contribution in [2.24, 2.45) is 0 Å². The van der Waals surface area contributed by atoms with Crippen LogP contribution in [0, 0.1) is 6.92 Å². The van der Waals surface area contributed by atoms with Crippen molar-refractivity contribution in [2.75, 3.05) is 14.2 Å². The third-order valence-electron chi connectivity index (χ3n) is 4.44. The lowest BCUT2D eigenvalue weighted by molar-refractivity contribution is 0.0600. The van der Waals surface area contributed by atoms with Crippen LogP contribution in [0.1, 0.15) is 41.4 Å². The van der Waals surface area contributed by atoms with Gasteiger partial charge in [-0.05, 0) is 69.0 Å². The first-order chi connectivity index (χ1) is 13.3. The minimum absolute atomic E-state index is 0.273. The van der Waals surface area contributed by atoms with Crippen molar-refractivity contribution in [1.29, 1.82) is 0 Å². The highest BCUT2D eigenvalue weighted by Crippen LogP contribution is 2.45. The van der Waals surface area contributed by atoms with Gasteiger partial charge in [-0.25, -0.2) is 4.79 Å². The number of hydrogen-bond acceptors (Lipinski definition) is 5. The maximum atomic E-state index is 12.2. The predicted octanol–water partition coefficient (Wildman–Crippen LogP) is 6.98. The van der Waals surface area contributed by atoms with Gasteiger partial charge in [0.1, 0.15) is 28.4 Å². The van der Waals surface area contributed by atoms with Crippen molar-refractivity contribution in [3.63, 3.8) is 0 Å². The molecule has 0 unspecified atom stereocenters. The number of methoxy groups -OCH3 is 2. The number of furan rings is 1. The van der Waals surface area contributed by atoms with Gasteiger partial charge in [-0.2, -0.15) is 0 Å². The zero-order valence-corrected chi connectivity index (χ0v) is 19.4. The van der Waals surface area contributed by atoms with Gasteiger partial charge in [0.25, 0.3) is 0 Å². The van der Waals surface area contributed by atoms with Gasteiger partial charge in [0, 0.05) is 5.56 Å². The Morgan fingerprint density at radius 3 is 2.46 bits per heavy atom. The number of rotatable bonds is 5. The summed E-state index contributed by atoms with van der Waals surface area (Å²) in [6, 6.07) is 7.46. The largest absolute Gasteiger partial charge is 0.496 e. The third kappa shape index (κ3) is 3.65. The Balaban J connectivity index is 2.14. The Bertz CT molecular complexity index is 1050. The monoisotopic (exact) mass is 510 g/mol. The van der Waals surface area contributed by atoms with Crippen LogP contribution in [0.2, 0.25) is 0 Å². The van der Waals surface area contributed by atoms with Crippen LogP contribution in [0.5, 0.6) is 17.2 Å². The smallest absolute Gasteiger partial charge is 0.342 e. The van der Waals surface area contributed by atoms with Crippen molar-refractivity contribution < 1.29 is 23.4 Å². The average molecular weight is 512 g/mol. The SMILES string of the molecule is COC(=O)c1c(C)oc2cc(Br)c(Oc3ccc(OC)c(C(C)C)c3)c(Br)c12. The zero-order valence-electron chi connectivity index (χ0n) is 16.2.